The van der Waals surface area contributed by atoms with Gasteiger partial charge in [0, 0.05) is 0 Å². The third-order valence-electron chi connectivity index (χ3n) is 4.64. The van der Waals surface area contributed by atoms with Gasteiger partial charge in [-0.05, 0) is 0 Å². The molecule has 0 saturated carbocycles. The van der Waals surface area contributed by atoms with Crippen LogP contribution in [0.4, 0.5) is 0 Å². The van der Waals surface area contributed by atoms with E-state index < -0.39 is 7.36 Å². The number of hydrogen-bond donors (Lipinski definition) is 0. The van der Waals surface area contributed by atoms with Crippen molar-refractivity contribution in [2.24, 2.45) is 0 Å². The van der Waals surface area contributed by atoms with Crippen molar-refractivity contribution in [2.45, 2.75) is 52.6 Å². The molecule has 1 aliphatic rings. The van der Waals surface area contributed by atoms with Gasteiger partial charge in [-0.3, -0.25) is 0 Å². The van der Waals surface area contributed by atoms with Gasteiger partial charge in [-0.15, -0.1) is 0 Å². The molecule has 132 valence electrons. The Morgan fingerprint density at radius 2 is 0.818 bits per heavy atom. The van der Waals surface area contributed by atoms with Crippen molar-refractivity contribution >= 4 is 7.36 Å². The summed E-state index contributed by atoms with van der Waals surface area (Å²) in [6.45, 7) is 13.8. The Morgan fingerprint density at radius 3 is 0.955 bits per heavy atom. The van der Waals surface area contributed by atoms with Gasteiger partial charge in [-0.1, -0.05) is 0 Å². The van der Waals surface area contributed by atoms with Crippen LogP contribution < -0.4 is 0 Å². The van der Waals surface area contributed by atoms with E-state index in [9.17, 15) is 0 Å². The molecule has 0 atom stereocenters. The first-order valence-electron chi connectivity index (χ1n) is 7.98. The number of nitrogens with zero attached hydrogens (tertiary/aromatic N) is 5. The summed E-state index contributed by atoms with van der Waals surface area (Å²) in [7, 11) is 10.4. The van der Waals surface area contributed by atoms with Gasteiger partial charge in [0.05, 0.1) is 0 Å². The Hall–Kier alpha value is -0.350. The van der Waals surface area contributed by atoms with Gasteiger partial charge in [0.1, 0.15) is 0 Å². The Balaban J connectivity index is 3.92. The predicted molar refractivity (Wildman–Crippen MR) is 100 cm³/mol. The Morgan fingerprint density at radius 1 is 0.591 bits per heavy atom. The summed E-state index contributed by atoms with van der Waals surface area (Å²) < 4.78 is 12.4. The van der Waals surface area contributed by atoms with Crippen LogP contribution in [-0.2, 0) is 0 Å². The summed E-state index contributed by atoms with van der Waals surface area (Å²) >= 11 is 0. The maximum absolute atomic E-state index is 2.90. The van der Waals surface area contributed by atoms with Crippen LogP contribution in [0.2, 0.25) is 0 Å². The molecule has 0 aromatic rings. The Bertz CT molecular complexity index is 390. The zero-order valence-electron chi connectivity index (χ0n) is 16.8. The van der Waals surface area contributed by atoms with E-state index in [1.54, 1.807) is 0 Å². The van der Waals surface area contributed by atoms with E-state index >= 15 is 0 Å². The van der Waals surface area contributed by atoms with E-state index in [1.165, 1.54) is 0 Å². The molecule has 1 heterocycles. The van der Waals surface area contributed by atoms with Crippen molar-refractivity contribution in [1.82, 2.24) is 23.4 Å². The zero-order valence-corrected chi connectivity index (χ0v) is 17.7. The second-order valence-electron chi connectivity index (χ2n) is 8.76. The molecule has 0 saturated heterocycles. The molecule has 0 radical (unpaired) electrons. The second kappa shape index (κ2) is 5.34. The third-order valence-corrected chi connectivity index (χ3v) is 11.9. The van der Waals surface area contributed by atoms with E-state index in [-0.39, 0.29) is 11.1 Å². The van der Waals surface area contributed by atoms with E-state index in [1.807, 2.05) is 0 Å². The summed E-state index contributed by atoms with van der Waals surface area (Å²) in [5.41, 5.74) is 0.0142. The summed E-state index contributed by atoms with van der Waals surface area (Å²) in [6, 6.07) is 0. The Kier molecular flexibility index (Phi) is 4.78. The van der Waals surface area contributed by atoms with Crippen LogP contribution in [-0.4, -0.2) is 76.7 Å². The molecular formula is C16H38N5P. The monoisotopic (exact) mass is 331 g/mol. The summed E-state index contributed by atoms with van der Waals surface area (Å²) in [5.74, 6) is 0. The topological polar surface area (TPSA) is 16.2 Å². The second-order valence-corrected chi connectivity index (χ2v) is 13.8. The minimum atomic E-state index is -2.90. The van der Waals surface area contributed by atoms with Crippen LogP contribution in [0.25, 0.3) is 0 Å². The molecule has 22 heavy (non-hydrogen) atoms. The van der Waals surface area contributed by atoms with Crippen molar-refractivity contribution in [3.8, 4) is 0 Å². The van der Waals surface area contributed by atoms with E-state index in [4.69, 9.17) is 0 Å². The molecular weight excluding hydrogens is 293 g/mol. The van der Waals surface area contributed by atoms with Crippen molar-refractivity contribution in [2.75, 3.05) is 42.3 Å². The van der Waals surface area contributed by atoms with E-state index in [0.717, 1.165) is 0 Å². The van der Waals surface area contributed by atoms with Gasteiger partial charge in [0.25, 0.3) is 0 Å². The fourth-order valence-electron chi connectivity index (χ4n) is 4.22. The van der Waals surface area contributed by atoms with Crippen LogP contribution in [0.1, 0.15) is 41.5 Å². The molecule has 0 aromatic heterocycles. The molecule has 0 amide bonds. The van der Waals surface area contributed by atoms with Crippen LogP contribution in [0.15, 0.2) is 12.4 Å². The van der Waals surface area contributed by atoms with Crippen LogP contribution in [0.5, 0.6) is 0 Å². The molecule has 1 rings (SSSR count). The standard InChI is InChI=1S/C16H38N5P/c1-15(2,3)20-13-14-21(16(4,5)6)22(20,17(7)8,18(9)10)19(11)12/h13-14H,1-12H3. The molecule has 6 heteroatoms. The van der Waals surface area contributed by atoms with Gasteiger partial charge in [-0.25, -0.2) is 0 Å². The number of rotatable bonds is 3. The molecule has 5 nitrogen and oxygen atoms in total. The van der Waals surface area contributed by atoms with E-state index in [0.29, 0.717) is 0 Å². The quantitative estimate of drug-likeness (QED) is 0.734. The SMILES string of the molecule is CN(C)P1(N(C)C)(N(C)C)N(C(C)(C)C)C=CN1C(C)(C)C. The van der Waals surface area contributed by atoms with E-state index in [2.05, 4.69) is 120 Å². The predicted octanol–water partition coefficient (Wildman–Crippen LogP) is 3.49. The van der Waals surface area contributed by atoms with Crippen LogP contribution in [0.3, 0.4) is 0 Å². The summed E-state index contributed by atoms with van der Waals surface area (Å²) in [6.07, 6.45) is 4.56. The average molecular weight is 331 g/mol. The van der Waals surface area contributed by atoms with Crippen LogP contribution in [0, 0.1) is 0 Å². The molecule has 0 spiro atoms. The van der Waals surface area contributed by atoms with Crippen molar-refractivity contribution in [1.29, 1.82) is 0 Å². The fourth-order valence-corrected chi connectivity index (χ4v) is 11.6. The van der Waals surface area contributed by atoms with Gasteiger partial charge in [-0.2, -0.15) is 0 Å². The molecule has 1 aliphatic heterocycles. The summed E-state index contributed by atoms with van der Waals surface area (Å²) in [4.78, 5) is 0. The molecule has 0 fully saturated rings. The van der Waals surface area contributed by atoms with Crippen molar-refractivity contribution in [3.63, 3.8) is 0 Å². The molecule has 0 N–H and O–H groups in total. The first-order valence-corrected chi connectivity index (χ1v) is 9.98. The number of hydrogen-bond acceptors (Lipinski definition) is 5. The molecule has 0 aromatic carbocycles. The average Bonchev–Trinajstić information content (AvgIpc) is 2.65. The van der Waals surface area contributed by atoms with Gasteiger partial charge >= 0.3 is 138 Å². The summed E-state index contributed by atoms with van der Waals surface area (Å²) in [5, 5.41) is 0. The maximum atomic E-state index is 2.57. The normalized spacial score (nSPS) is 23.5. The fraction of sp³-hybridized carbons (Fsp3) is 0.875. The minimum absolute atomic E-state index is 0.00708. The third kappa shape index (κ3) is 2.13. The Labute approximate surface area is 138 Å². The molecule has 0 bridgehead atoms. The van der Waals surface area contributed by atoms with Crippen molar-refractivity contribution < 1.29 is 0 Å². The van der Waals surface area contributed by atoms with Crippen molar-refractivity contribution in [3.05, 3.63) is 12.4 Å². The molecule has 0 unspecified atom stereocenters. The first-order chi connectivity index (χ1) is 9.65. The van der Waals surface area contributed by atoms with Gasteiger partial charge in [0.15, 0.2) is 0 Å². The van der Waals surface area contributed by atoms with Gasteiger partial charge in [0.2, 0.25) is 0 Å². The van der Waals surface area contributed by atoms with Gasteiger partial charge < -0.3 is 0 Å². The molecule has 0 aliphatic carbocycles. The van der Waals surface area contributed by atoms with Crippen LogP contribution >= 0.6 is 7.36 Å². The zero-order chi connectivity index (χ0) is 17.7. The first kappa shape index (κ1) is 19.7.